The maximum Gasteiger partial charge on any atom is 0.405 e. The van der Waals surface area contributed by atoms with E-state index >= 15 is 0 Å². The third-order valence-corrected chi connectivity index (χ3v) is 2.71. The molecule has 0 unspecified atom stereocenters. The molecule has 2 N–H and O–H groups in total. The predicted molar refractivity (Wildman–Crippen MR) is 60.1 cm³/mol. The first-order chi connectivity index (χ1) is 8.47. The van der Waals surface area contributed by atoms with Gasteiger partial charge in [0.2, 0.25) is 5.91 Å². The second-order valence-corrected chi connectivity index (χ2v) is 4.35. The van der Waals surface area contributed by atoms with Crippen LogP contribution in [0.25, 0.3) is 0 Å². The number of nitrogens with one attached hydrogen (secondary N) is 2. The van der Waals surface area contributed by atoms with E-state index in [9.17, 15) is 18.0 Å². The molecule has 0 aromatic rings. The Balaban J connectivity index is 1.92. The Morgan fingerprint density at radius 3 is 2.56 bits per heavy atom. The molecular weight excluding hydrogens is 249 g/mol. The van der Waals surface area contributed by atoms with Crippen LogP contribution < -0.4 is 10.6 Å². The van der Waals surface area contributed by atoms with Gasteiger partial charge in [-0.25, -0.2) is 0 Å². The van der Waals surface area contributed by atoms with Gasteiger partial charge in [-0.2, -0.15) is 13.2 Å². The van der Waals surface area contributed by atoms with Crippen molar-refractivity contribution in [1.82, 2.24) is 10.6 Å². The minimum atomic E-state index is -4.36. The van der Waals surface area contributed by atoms with Crippen LogP contribution in [0.1, 0.15) is 25.7 Å². The molecular formula is C11H19F3N2O2. The largest absolute Gasteiger partial charge is 0.405 e. The summed E-state index contributed by atoms with van der Waals surface area (Å²) in [5.74, 6) is -0.659. The van der Waals surface area contributed by atoms with E-state index in [4.69, 9.17) is 4.74 Å². The van der Waals surface area contributed by atoms with E-state index < -0.39 is 18.6 Å². The van der Waals surface area contributed by atoms with E-state index in [1.54, 1.807) is 5.32 Å². The number of hydrogen-bond acceptors (Lipinski definition) is 3. The molecule has 1 saturated carbocycles. The van der Waals surface area contributed by atoms with Gasteiger partial charge in [0.25, 0.3) is 0 Å². The minimum Gasteiger partial charge on any atom is -0.377 e. The molecule has 1 amide bonds. The first-order valence-electron chi connectivity index (χ1n) is 6.13. The van der Waals surface area contributed by atoms with Crippen molar-refractivity contribution in [3.05, 3.63) is 0 Å². The molecule has 0 radical (unpaired) electrons. The summed E-state index contributed by atoms with van der Waals surface area (Å²) in [4.78, 5) is 11.0. The van der Waals surface area contributed by atoms with Crippen molar-refractivity contribution in [2.45, 2.75) is 38.0 Å². The normalized spacial score (nSPS) is 17.1. The highest BCUT2D eigenvalue weighted by atomic mass is 19.4. The van der Waals surface area contributed by atoms with E-state index in [0.717, 1.165) is 12.8 Å². The number of hydrogen-bond donors (Lipinski definition) is 2. The van der Waals surface area contributed by atoms with Crippen LogP contribution in [0.15, 0.2) is 0 Å². The Morgan fingerprint density at radius 1 is 1.28 bits per heavy atom. The predicted octanol–water partition coefficient (Wildman–Crippen LogP) is 1.21. The van der Waals surface area contributed by atoms with Crippen molar-refractivity contribution in [3.63, 3.8) is 0 Å². The molecule has 18 heavy (non-hydrogen) atoms. The number of alkyl halides is 3. The SMILES string of the molecule is O=C(CNCCOC1CCCC1)NCC(F)(F)F. The first-order valence-corrected chi connectivity index (χ1v) is 6.13. The lowest BCUT2D eigenvalue weighted by atomic mass is 10.3. The highest BCUT2D eigenvalue weighted by molar-refractivity contribution is 5.77. The fourth-order valence-electron chi connectivity index (χ4n) is 1.82. The van der Waals surface area contributed by atoms with Crippen molar-refractivity contribution >= 4 is 5.91 Å². The van der Waals surface area contributed by atoms with Crippen molar-refractivity contribution in [2.24, 2.45) is 0 Å². The number of rotatable bonds is 7. The van der Waals surface area contributed by atoms with Crippen LogP contribution in [0.5, 0.6) is 0 Å². The summed E-state index contributed by atoms with van der Waals surface area (Å²) in [6, 6.07) is 0. The van der Waals surface area contributed by atoms with E-state index in [0.29, 0.717) is 19.3 Å². The average Bonchev–Trinajstić information content (AvgIpc) is 2.78. The summed E-state index contributed by atoms with van der Waals surface area (Å²) in [6.45, 7) is -0.455. The monoisotopic (exact) mass is 268 g/mol. The quantitative estimate of drug-likeness (QED) is 0.682. The Kier molecular flexibility index (Phi) is 6.42. The van der Waals surface area contributed by atoms with Crippen LogP contribution in [0, 0.1) is 0 Å². The van der Waals surface area contributed by atoms with Gasteiger partial charge in [0.15, 0.2) is 0 Å². The van der Waals surface area contributed by atoms with Crippen LogP contribution in [0.4, 0.5) is 13.2 Å². The summed E-state index contributed by atoms with van der Waals surface area (Å²) in [5.41, 5.74) is 0. The topological polar surface area (TPSA) is 50.4 Å². The molecule has 0 bridgehead atoms. The van der Waals surface area contributed by atoms with Crippen LogP contribution in [0.2, 0.25) is 0 Å². The first kappa shape index (κ1) is 15.2. The van der Waals surface area contributed by atoms with Gasteiger partial charge in [-0.1, -0.05) is 12.8 Å². The zero-order chi connectivity index (χ0) is 13.4. The van der Waals surface area contributed by atoms with Gasteiger partial charge in [0.05, 0.1) is 19.3 Å². The highest BCUT2D eigenvalue weighted by Crippen LogP contribution is 2.20. The van der Waals surface area contributed by atoms with Gasteiger partial charge in [-0.15, -0.1) is 0 Å². The summed E-state index contributed by atoms with van der Waals surface area (Å²) in [5, 5.41) is 4.53. The smallest absolute Gasteiger partial charge is 0.377 e. The lowest BCUT2D eigenvalue weighted by Crippen LogP contribution is -2.40. The summed E-state index contributed by atoms with van der Waals surface area (Å²) in [7, 11) is 0. The van der Waals surface area contributed by atoms with E-state index in [-0.39, 0.29) is 6.54 Å². The van der Waals surface area contributed by atoms with Crippen molar-refractivity contribution in [1.29, 1.82) is 0 Å². The van der Waals surface area contributed by atoms with Crippen molar-refractivity contribution in [2.75, 3.05) is 26.2 Å². The minimum absolute atomic E-state index is 0.121. The van der Waals surface area contributed by atoms with Crippen LogP contribution in [0.3, 0.4) is 0 Å². The maximum atomic E-state index is 11.8. The maximum absolute atomic E-state index is 11.8. The molecule has 1 aliphatic carbocycles. The number of carbonyl (C=O) groups is 1. The number of halogens is 3. The third kappa shape index (κ3) is 7.50. The van der Waals surface area contributed by atoms with Gasteiger partial charge in [0.1, 0.15) is 6.54 Å². The van der Waals surface area contributed by atoms with Gasteiger partial charge < -0.3 is 15.4 Å². The molecule has 1 fully saturated rings. The molecule has 0 aromatic heterocycles. The molecule has 7 heteroatoms. The van der Waals surface area contributed by atoms with Crippen LogP contribution >= 0.6 is 0 Å². The molecule has 106 valence electrons. The average molecular weight is 268 g/mol. The lowest BCUT2D eigenvalue weighted by Gasteiger charge is -2.12. The van der Waals surface area contributed by atoms with Gasteiger partial charge in [0, 0.05) is 6.54 Å². The molecule has 0 saturated heterocycles. The van der Waals surface area contributed by atoms with Crippen LogP contribution in [-0.2, 0) is 9.53 Å². The van der Waals surface area contributed by atoms with Crippen molar-refractivity contribution in [3.8, 4) is 0 Å². The lowest BCUT2D eigenvalue weighted by molar-refractivity contribution is -0.137. The molecule has 0 heterocycles. The molecule has 0 aromatic carbocycles. The van der Waals surface area contributed by atoms with Gasteiger partial charge in [-0.3, -0.25) is 4.79 Å². The fourth-order valence-corrected chi connectivity index (χ4v) is 1.82. The summed E-state index contributed by atoms with van der Waals surface area (Å²) in [6.07, 6.45) is 0.487. The van der Waals surface area contributed by atoms with E-state index in [1.165, 1.54) is 12.8 Å². The Bertz CT molecular complexity index is 253. The Labute approximate surface area is 104 Å². The molecule has 0 atom stereocenters. The summed E-state index contributed by atoms with van der Waals surface area (Å²) >= 11 is 0. The zero-order valence-electron chi connectivity index (χ0n) is 10.2. The second-order valence-electron chi connectivity index (χ2n) is 4.35. The fraction of sp³-hybridized carbons (Fsp3) is 0.909. The van der Waals surface area contributed by atoms with Crippen molar-refractivity contribution < 1.29 is 22.7 Å². The van der Waals surface area contributed by atoms with Crippen LogP contribution in [-0.4, -0.2) is 44.4 Å². The number of amides is 1. The third-order valence-electron chi connectivity index (χ3n) is 2.71. The van der Waals surface area contributed by atoms with Gasteiger partial charge >= 0.3 is 6.18 Å². The highest BCUT2D eigenvalue weighted by Gasteiger charge is 2.27. The standard InChI is InChI=1S/C11H19F3N2O2/c12-11(13,14)8-16-10(17)7-15-5-6-18-9-3-1-2-4-9/h9,15H,1-8H2,(H,16,17). The van der Waals surface area contributed by atoms with E-state index in [1.807, 2.05) is 0 Å². The number of carbonyl (C=O) groups excluding carboxylic acids is 1. The zero-order valence-corrected chi connectivity index (χ0v) is 10.2. The second kappa shape index (κ2) is 7.58. The molecule has 0 spiro atoms. The molecule has 4 nitrogen and oxygen atoms in total. The Hall–Kier alpha value is -0.820. The Morgan fingerprint density at radius 2 is 1.94 bits per heavy atom. The molecule has 1 rings (SSSR count). The van der Waals surface area contributed by atoms with E-state index in [2.05, 4.69) is 5.32 Å². The molecule has 1 aliphatic rings. The molecule has 0 aliphatic heterocycles. The van der Waals surface area contributed by atoms with Gasteiger partial charge in [-0.05, 0) is 12.8 Å². The summed E-state index contributed by atoms with van der Waals surface area (Å²) < 4.78 is 40.9. The number of ether oxygens (including phenoxy) is 1.